The minimum atomic E-state index is -0.919. The lowest BCUT2D eigenvalue weighted by Crippen LogP contribution is -2.17. The van der Waals surface area contributed by atoms with Crippen LogP contribution in [0.25, 0.3) is 11.0 Å². The standard InChI is InChI=1S/C17H22N2O4/c1-3-5-8-12(4-2)11-18-15-13-9-6-7-10-14(13)23-17(20)16(15)19(21)22/h6-7,9-10,12,18H,3-5,8,11H2,1-2H3/t12-/m0/s1. The van der Waals surface area contributed by atoms with Gasteiger partial charge in [-0.15, -0.1) is 0 Å². The maximum Gasteiger partial charge on any atom is 0.417 e. The molecule has 0 saturated carbocycles. The van der Waals surface area contributed by atoms with Crippen molar-refractivity contribution in [3.05, 3.63) is 44.8 Å². The van der Waals surface area contributed by atoms with Crippen LogP contribution in [-0.2, 0) is 0 Å². The van der Waals surface area contributed by atoms with Crippen molar-refractivity contribution in [1.29, 1.82) is 0 Å². The monoisotopic (exact) mass is 318 g/mol. The van der Waals surface area contributed by atoms with E-state index in [2.05, 4.69) is 19.2 Å². The molecule has 0 unspecified atom stereocenters. The molecule has 1 N–H and O–H groups in total. The van der Waals surface area contributed by atoms with Gasteiger partial charge in [0.05, 0.1) is 4.92 Å². The van der Waals surface area contributed by atoms with Crippen molar-refractivity contribution in [1.82, 2.24) is 0 Å². The minimum Gasteiger partial charge on any atom is -0.418 e. The molecule has 0 radical (unpaired) electrons. The second-order valence-corrected chi connectivity index (χ2v) is 5.66. The number of fused-ring (bicyclic) bond motifs is 1. The Hall–Kier alpha value is -2.37. The van der Waals surface area contributed by atoms with Crippen LogP contribution in [0.4, 0.5) is 11.4 Å². The van der Waals surface area contributed by atoms with Gasteiger partial charge in [0.1, 0.15) is 11.3 Å². The van der Waals surface area contributed by atoms with Gasteiger partial charge < -0.3 is 9.73 Å². The molecule has 0 fully saturated rings. The van der Waals surface area contributed by atoms with Crippen molar-refractivity contribution in [3.8, 4) is 0 Å². The summed E-state index contributed by atoms with van der Waals surface area (Å²) in [4.78, 5) is 22.5. The zero-order valence-electron chi connectivity index (χ0n) is 13.5. The molecule has 0 aliphatic carbocycles. The first-order chi connectivity index (χ1) is 11.1. The van der Waals surface area contributed by atoms with Crippen LogP contribution in [0.1, 0.15) is 39.5 Å². The molecule has 1 aromatic heterocycles. The van der Waals surface area contributed by atoms with E-state index in [0.29, 0.717) is 23.4 Å². The van der Waals surface area contributed by atoms with Crippen LogP contribution >= 0.6 is 0 Å². The van der Waals surface area contributed by atoms with E-state index in [0.717, 1.165) is 25.7 Å². The number of nitrogens with zero attached hydrogens (tertiary/aromatic N) is 1. The molecule has 0 aliphatic rings. The summed E-state index contributed by atoms with van der Waals surface area (Å²) in [5, 5.41) is 15.0. The normalized spacial score (nSPS) is 12.3. The van der Waals surface area contributed by atoms with Crippen molar-refractivity contribution < 1.29 is 9.34 Å². The first-order valence-corrected chi connectivity index (χ1v) is 8.02. The molecule has 2 aromatic rings. The fraction of sp³-hybridized carbons (Fsp3) is 0.471. The number of hydrogen-bond acceptors (Lipinski definition) is 5. The average Bonchev–Trinajstić information content (AvgIpc) is 2.54. The lowest BCUT2D eigenvalue weighted by molar-refractivity contribution is -0.386. The molecule has 1 atom stereocenters. The van der Waals surface area contributed by atoms with Gasteiger partial charge in [-0.1, -0.05) is 45.2 Å². The number of benzene rings is 1. The van der Waals surface area contributed by atoms with Crippen molar-refractivity contribution in [2.45, 2.75) is 39.5 Å². The third kappa shape index (κ3) is 3.88. The fourth-order valence-corrected chi connectivity index (χ4v) is 2.67. The van der Waals surface area contributed by atoms with Crippen LogP contribution in [0.3, 0.4) is 0 Å². The maximum atomic E-state index is 11.9. The molecular formula is C17H22N2O4. The number of para-hydroxylation sites is 1. The molecule has 0 saturated heterocycles. The van der Waals surface area contributed by atoms with Crippen LogP contribution in [0.2, 0.25) is 0 Å². The molecule has 6 heteroatoms. The van der Waals surface area contributed by atoms with Gasteiger partial charge in [0.25, 0.3) is 0 Å². The Bertz CT molecular complexity index is 739. The van der Waals surface area contributed by atoms with Gasteiger partial charge in [-0.3, -0.25) is 10.1 Å². The van der Waals surface area contributed by atoms with E-state index < -0.39 is 16.2 Å². The number of nitrogens with one attached hydrogen (secondary N) is 1. The van der Waals surface area contributed by atoms with Gasteiger partial charge in [0.15, 0.2) is 0 Å². The lowest BCUT2D eigenvalue weighted by Gasteiger charge is -2.16. The number of rotatable bonds is 8. The molecule has 2 rings (SSSR count). The third-order valence-corrected chi connectivity index (χ3v) is 4.08. The van der Waals surface area contributed by atoms with Crippen LogP contribution in [0.5, 0.6) is 0 Å². The molecule has 0 spiro atoms. The van der Waals surface area contributed by atoms with Crippen LogP contribution in [0, 0.1) is 16.0 Å². The molecular weight excluding hydrogens is 296 g/mol. The fourth-order valence-electron chi connectivity index (χ4n) is 2.67. The zero-order valence-corrected chi connectivity index (χ0v) is 13.5. The highest BCUT2D eigenvalue weighted by Gasteiger charge is 2.24. The number of unbranched alkanes of at least 4 members (excludes halogenated alkanes) is 1. The first kappa shape index (κ1) is 17.0. The highest BCUT2D eigenvalue weighted by Crippen LogP contribution is 2.30. The topological polar surface area (TPSA) is 85.4 Å². The Morgan fingerprint density at radius 1 is 1.30 bits per heavy atom. The summed E-state index contributed by atoms with van der Waals surface area (Å²) < 4.78 is 5.06. The highest BCUT2D eigenvalue weighted by atomic mass is 16.6. The highest BCUT2D eigenvalue weighted by molar-refractivity contribution is 5.94. The molecule has 0 aliphatic heterocycles. The van der Waals surface area contributed by atoms with Crippen LogP contribution in [-0.4, -0.2) is 11.5 Å². The molecule has 124 valence electrons. The SMILES string of the molecule is CCCC[C@H](CC)CNc1c([N+](=O)[O-])c(=O)oc2ccccc12. The summed E-state index contributed by atoms with van der Waals surface area (Å²) in [6, 6.07) is 6.86. The van der Waals surface area contributed by atoms with Crippen molar-refractivity contribution in [2.75, 3.05) is 11.9 Å². The van der Waals surface area contributed by atoms with E-state index in [1.807, 2.05) is 0 Å². The predicted molar refractivity (Wildman–Crippen MR) is 90.9 cm³/mol. The second kappa shape index (κ2) is 7.76. The summed E-state index contributed by atoms with van der Waals surface area (Å²) in [6.45, 7) is 4.85. The summed E-state index contributed by atoms with van der Waals surface area (Å²) in [6.07, 6.45) is 4.29. The number of hydrogen-bond donors (Lipinski definition) is 1. The van der Waals surface area contributed by atoms with Crippen molar-refractivity contribution in [3.63, 3.8) is 0 Å². The molecule has 1 heterocycles. The molecule has 6 nitrogen and oxygen atoms in total. The lowest BCUT2D eigenvalue weighted by atomic mass is 9.99. The number of anilines is 1. The van der Waals surface area contributed by atoms with Gasteiger partial charge >= 0.3 is 11.3 Å². The largest absolute Gasteiger partial charge is 0.418 e. The quantitative estimate of drug-likeness (QED) is 0.445. The third-order valence-electron chi connectivity index (χ3n) is 4.08. The summed E-state index contributed by atoms with van der Waals surface area (Å²) in [5.74, 6) is 0.417. The van der Waals surface area contributed by atoms with E-state index in [9.17, 15) is 14.9 Å². The van der Waals surface area contributed by atoms with E-state index in [1.165, 1.54) is 0 Å². The summed E-state index contributed by atoms with van der Waals surface area (Å²) in [5.41, 5.74) is -0.823. The molecule has 23 heavy (non-hydrogen) atoms. The Morgan fingerprint density at radius 3 is 2.70 bits per heavy atom. The van der Waals surface area contributed by atoms with Gasteiger partial charge in [0, 0.05) is 11.9 Å². The first-order valence-electron chi connectivity index (χ1n) is 8.02. The van der Waals surface area contributed by atoms with Gasteiger partial charge in [0.2, 0.25) is 0 Å². The van der Waals surface area contributed by atoms with Gasteiger partial charge in [-0.2, -0.15) is 0 Å². The Kier molecular flexibility index (Phi) is 5.73. The summed E-state index contributed by atoms with van der Waals surface area (Å²) in [7, 11) is 0. The summed E-state index contributed by atoms with van der Waals surface area (Å²) >= 11 is 0. The molecule has 1 aromatic carbocycles. The average molecular weight is 318 g/mol. The predicted octanol–water partition coefficient (Wildman–Crippen LogP) is 4.33. The van der Waals surface area contributed by atoms with Crippen molar-refractivity contribution in [2.24, 2.45) is 5.92 Å². The smallest absolute Gasteiger partial charge is 0.417 e. The van der Waals surface area contributed by atoms with E-state index in [4.69, 9.17) is 4.42 Å². The van der Waals surface area contributed by atoms with Crippen LogP contribution in [0.15, 0.2) is 33.5 Å². The molecule has 0 bridgehead atoms. The Balaban J connectivity index is 2.39. The van der Waals surface area contributed by atoms with Gasteiger partial charge in [-0.05, 0) is 24.5 Å². The maximum absolute atomic E-state index is 11.9. The molecule has 0 amide bonds. The Morgan fingerprint density at radius 2 is 2.04 bits per heavy atom. The van der Waals surface area contributed by atoms with Crippen molar-refractivity contribution >= 4 is 22.3 Å². The van der Waals surface area contributed by atoms with E-state index >= 15 is 0 Å². The van der Waals surface area contributed by atoms with E-state index in [1.54, 1.807) is 24.3 Å². The number of nitro groups is 1. The van der Waals surface area contributed by atoms with Gasteiger partial charge in [-0.25, -0.2) is 4.79 Å². The Labute approximate surface area is 134 Å². The zero-order chi connectivity index (χ0) is 16.8. The minimum absolute atomic E-state index is 0.261. The second-order valence-electron chi connectivity index (χ2n) is 5.66. The van der Waals surface area contributed by atoms with Crippen LogP contribution < -0.4 is 10.9 Å². The van der Waals surface area contributed by atoms with E-state index in [-0.39, 0.29) is 5.69 Å².